The van der Waals surface area contributed by atoms with Crippen LogP contribution in [0.4, 0.5) is 0 Å². The van der Waals surface area contributed by atoms with Crippen molar-refractivity contribution in [3.63, 3.8) is 0 Å². The Morgan fingerprint density at radius 1 is 1.09 bits per heavy atom. The van der Waals surface area contributed by atoms with Gasteiger partial charge in [0.1, 0.15) is 11.5 Å². The van der Waals surface area contributed by atoms with Gasteiger partial charge in [-0.15, -0.1) is 0 Å². The molecule has 1 saturated carbocycles. The maximum Gasteiger partial charge on any atom is 0.258 e. The summed E-state index contributed by atoms with van der Waals surface area (Å²) < 4.78 is 11.1. The molecule has 6 heteroatoms. The lowest BCUT2D eigenvalue weighted by atomic mass is 9.86. The van der Waals surface area contributed by atoms with Gasteiger partial charge in [0.15, 0.2) is 6.61 Å². The molecule has 2 aliphatic rings. The summed E-state index contributed by atoms with van der Waals surface area (Å²) in [4.78, 5) is 27.9. The largest absolute Gasteiger partial charge is 0.484 e. The molecule has 0 saturated heterocycles. The van der Waals surface area contributed by atoms with E-state index in [4.69, 9.17) is 9.15 Å². The van der Waals surface area contributed by atoms with Crippen LogP contribution >= 0.6 is 0 Å². The summed E-state index contributed by atoms with van der Waals surface area (Å²) in [5.74, 6) is 1.50. The molecular weight excluding hydrogens is 440 g/mol. The maximum atomic E-state index is 13.6. The molecule has 2 amide bonds. The molecule has 0 spiro atoms. The smallest absolute Gasteiger partial charge is 0.258 e. The van der Waals surface area contributed by atoms with Crippen LogP contribution in [0.3, 0.4) is 0 Å². The second-order valence-corrected chi connectivity index (χ2v) is 9.59. The van der Waals surface area contributed by atoms with E-state index in [0.29, 0.717) is 18.1 Å². The van der Waals surface area contributed by atoms with Crippen LogP contribution in [0.1, 0.15) is 59.7 Å². The summed E-state index contributed by atoms with van der Waals surface area (Å²) in [6.45, 7) is 3.04. The van der Waals surface area contributed by atoms with Crippen LogP contribution in [-0.2, 0) is 22.6 Å². The lowest BCUT2D eigenvalue weighted by Crippen LogP contribution is -2.43. The number of carbonyl (C=O) groups is 2. The molecule has 1 aliphatic carbocycles. The number of carbonyl (C=O) groups excluding carboxylic acids is 2. The molecule has 2 aromatic carbocycles. The van der Waals surface area contributed by atoms with Crippen LogP contribution in [0.15, 0.2) is 65.3 Å². The molecule has 1 N–H and O–H groups in total. The monoisotopic (exact) mass is 472 g/mol. The van der Waals surface area contributed by atoms with Gasteiger partial charge in [-0.2, -0.15) is 0 Å². The Morgan fingerprint density at radius 3 is 2.71 bits per heavy atom. The molecule has 1 aromatic heterocycles. The van der Waals surface area contributed by atoms with E-state index in [2.05, 4.69) is 47.5 Å². The summed E-state index contributed by atoms with van der Waals surface area (Å²) in [6, 6.07) is 17.9. The highest BCUT2D eigenvalue weighted by molar-refractivity contribution is 5.80. The number of hydrogen-bond acceptors (Lipinski definition) is 4. The van der Waals surface area contributed by atoms with Gasteiger partial charge in [-0.05, 0) is 67.1 Å². The Morgan fingerprint density at radius 2 is 1.94 bits per heavy atom. The average Bonchev–Trinajstić information content (AvgIpc) is 3.60. The van der Waals surface area contributed by atoms with Gasteiger partial charge in [0.25, 0.3) is 5.91 Å². The number of benzene rings is 2. The summed E-state index contributed by atoms with van der Waals surface area (Å²) >= 11 is 0. The van der Waals surface area contributed by atoms with E-state index in [9.17, 15) is 9.59 Å². The molecule has 35 heavy (non-hydrogen) atoms. The van der Waals surface area contributed by atoms with Gasteiger partial charge in [-0.3, -0.25) is 9.59 Å². The van der Waals surface area contributed by atoms with Crippen LogP contribution in [0.2, 0.25) is 0 Å². The molecule has 3 aromatic rings. The molecule has 1 aliphatic heterocycles. The van der Waals surface area contributed by atoms with Gasteiger partial charge < -0.3 is 19.4 Å². The zero-order chi connectivity index (χ0) is 24.2. The quantitative estimate of drug-likeness (QED) is 0.528. The van der Waals surface area contributed by atoms with Gasteiger partial charge >= 0.3 is 0 Å². The predicted molar refractivity (Wildman–Crippen MR) is 133 cm³/mol. The van der Waals surface area contributed by atoms with E-state index in [0.717, 1.165) is 49.8 Å². The second-order valence-electron chi connectivity index (χ2n) is 9.59. The van der Waals surface area contributed by atoms with Gasteiger partial charge in [0, 0.05) is 12.5 Å². The Labute approximate surface area is 206 Å². The Kier molecular flexibility index (Phi) is 6.89. The number of nitrogens with one attached hydrogen (secondary N) is 1. The first kappa shape index (κ1) is 23.2. The minimum Gasteiger partial charge on any atom is -0.484 e. The fourth-order valence-corrected chi connectivity index (χ4v) is 5.33. The highest BCUT2D eigenvalue weighted by atomic mass is 16.5. The standard InChI is InChI=1S/C29H32N2O4/c1-20-6-4-9-23(16-20)28-26-17-24(35-19-27(32)30-18-25-10-5-15-34-25)12-11-21(26)13-14-31(28)29(33)22-7-2-3-8-22/h4-6,9-12,15-17,22,28H,2-3,7-8,13-14,18-19H2,1H3,(H,30,32). The molecule has 1 unspecified atom stereocenters. The Balaban J connectivity index is 1.37. The van der Waals surface area contributed by atoms with Gasteiger partial charge in [0.2, 0.25) is 5.91 Å². The van der Waals surface area contributed by atoms with Crippen molar-refractivity contribution in [3.8, 4) is 5.75 Å². The van der Waals surface area contributed by atoms with Crippen molar-refractivity contribution in [1.82, 2.24) is 10.2 Å². The van der Waals surface area contributed by atoms with Crippen molar-refractivity contribution >= 4 is 11.8 Å². The summed E-state index contributed by atoms with van der Waals surface area (Å²) in [5.41, 5.74) is 4.59. The van der Waals surface area contributed by atoms with Gasteiger partial charge in [-0.25, -0.2) is 0 Å². The summed E-state index contributed by atoms with van der Waals surface area (Å²) in [5, 5.41) is 2.80. The van der Waals surface area contributed by atoms with E-state index in [1.807, 2.05) is 18.2 Å². The maximum absolute atomic E-state index is 13.6. The number of ether oxygens (including phenoxy) is 1. The van der Waals surface area contributed by atoms with E-state index < -0.39 is 0 Å². The van der Waals surface area contributed by atoms with Crippen molar-refractivity contribution < 1.29 is 18.7 Å². The predicted octanol–water partition coefficient (Wildman–Crippen LogP) is 4.95. The molecule has 5 rings (SSSR count). The average molecular weight is 473 g/mol. The van der Waals surface area contributed by atoms with Crippen LogP contribution in [0.25, 0.3) is 0 Å². The number of furan rings is 1. The molecule has 182 valence electrons. The summed E-state index contributed by atoms with van der Waals surface area (Å²) in [7, 11) is 0. The molecular formula is C29H32N2O4. The number of hydrogen-bond donors (Lipinski definition) is 1. The second kappa shape index (κ2) is 10.4. The third-order valence-corrected chi connectivity index (χ3v) is 7.10. The molecule has 1 fully saturated rings. The lowest BCUT2D eigenvalue weighted by molar-refractivity contribution is -0.137. The van der Waals surface area contributed by atoms with Crippen LogP contribution in [0.5, 0.6) is 5.75 Å². The van der Waals surface area contributed by atoms with E-state index >= 15 is 0 Å². The lowest BCUT2D eigenvalue weighted by Gasteiger charge is -2.39. The van der Waals surface area contributed by atoms with Crippen molar-refractivity contribution in [2.45, 2.75) is 51.6 Å². The van der Waals surface area contributed by atoms with Crippen molar-refractivity contribution in [1.29, 1.82) is 0 Å². The van der Waals surface area contributed by atoms with Crippen molar-refractivity contribution in [2.24, 2.45) is 5.92 Å². The fourth-order valence-electron chi connectivity index (χ4n) is 5.33. The van der Waals surface area contributed by atoms with Gasteiger partial charge in [0.05, 0.1) is 18.8 Å². The van der Waals surface area contributed by atoms with Crippen LogP contribution in [-0.4, -0.2) is 29.9 Å². The van der Waals surface area contributed by atoms with E-state index in [1.54, 1.807) is 12.3 Å². The first-order valence-corrected chi connectivity index (χ1v) is 12.5. The normalized spacial score (nSPS) is 17.7. The van der Waals surface area contributed by atoms with Crippen molar-refractivity contribution in [2.75, 3.05) is 13.2 Å². The Hall–Kier alpha value is -3.54. The fraction of sp³-hybridized carbons (Fsp3) is 0.379. The molecule has 1 atom stereocenters. The third-order valence-electron chi connectivity index (χ3n) is 7.10. The molecule has 6 nitrogen and oxygen atoms in total. The van der Waals surface area contributed by atoms with E-state index in [-0.39, 0.29) is 30.4 Å². The molecule has 0 radical (unpaired) electrons. The molecule has 2 heterocycles. The minimum absolute atomic E-state index is 0.0840. The van der Waals surface area contributed by atoms with Crippen molar-refractivity contribution in [3.05, 3.63) is 88.9 Å². The zero-order valence-electron chi connectivity index (χ0n) is 20.2. The SMILES string of the molecule is Cc1cccc(C2c3cc(OCC(=O)NCc4ccco4)ccc3CCN2C(=O)C2CCCC2)c1. The first-order chi connectivity index (χ1) is 17.1. The number of rotatable bonds is 7. The molecule has 0 bridgehead atoms. The number of nitrogens with zero attached hydrogens (tertiary/aromatic N) is 1. The van der Waals surface area contributed by atoms with E-state index in [1.165, 1.54) is 11.1 Å². The highest BCUT2D eigenvalue weighted by Gasteiger charge is 2.36. The van der Waals surface area contributed by atoms with Gasteiger partial charge in [-0.1, -0.05) is 48.7 Å². The van der Waals surface area contributed by atoms with Crippen LogP contribution in [0, 0.1) is 12.8 Å². The topological polar surface area (TPSA) is 71.8 Å². The number of fused-ring (bicyclic) bond motifs is 1. The minimum atomic E-state index is -0.215. The highest BCUT2D eigenvalue weighted by Crippen LogP contribution is 2.39. The van der Waals surface area contributed by atoms with Crippen LogP contribution < -0.4 is 10.1 Å². The summed E-state index contributed by atoms with van der Waals surface area (Å²) in [6.07, 6.45) is 6.64. The zero-order valence-corrected chi connectivity index (χ0v) is 20.2. The number of amides is 2. The third kappa shape index (κ3) is 5.26. The Bertz CT molecular complexity index is 1180. The number of aryl methyl sites for hydroxylation is 1. The first-order valence-electron chi connectivity index (χ1n) is 12.5.